The molecule has 0 aliphatic rings. The van der Waals surface area contributed by atoms with Gasteiger partial charge in [0.25, 0.3) is 0 Å². The van der Waals surface area contributed by atoms with Crippen molar-refractivity contribution in [1.82, 2.24) is 19.7 Å². The molecule has 0 saturated heterocycles. The van der Waals surface area contributed by atoms with E-state index in [-0.39, 0.29) is 11.2 Å². The first-order chi connectivity index (χ1) is 12.0. The second-order valence-corrected chi connectivity index (χ2v) is 6.28. The zero-order chi connectivity index (χ0) is 18.0. The van der Waals surface area contributed by atoms with Crippen molar-refractivity contribution in [3.05, 3.63) is 75.5 Å². The van der Waals surface area contributed by atoms with Crippen molar-refractivity contribution < 1.29 is 5.11 Å². The van der Waals surface area contributed by atoms with Gasteiger partial charge >= 0.3 is 0 Å². The molecule has 2 aromatic heterocycles. The Morgan fingerprint density at radius 1 is 1.20 bits per heavy atom. The number of pyridine rings is 1. The van der Waals surface area contributed by atoms with Gasteiger partial charge in [0.2, 0.25) is 5.43 Å². The topological polar surface area (TPSA) is 74.2 Å². The van der Waals surface area contributed by atoms with Crippen LogP contribution in [0.2, 0.25) is 0 Å². The molecule has 6 nitrogen and oxygen atoms in total. The van der Waals surface area contributed by atoms with E-state index in [1.54, 1.807) is 0 Å². The zero-order valence-corrected chi connectivity index (χ0v) is 14.7. The van der Waals surface area contributed by atoms with Crippen LogP contribution in [-0.4, -0.2) is 31.8 Å². The quantitative estimate of drug-likeness (QED) is 0.750. The molecule has 25 heavy (non-hydrogen) atoms. The number of benzene rings is 1. The van der Waals surface area contributed by atoms with Crippen LogP contribution in [0, 0.1) is 13.8 Å². The third-order valence-corrected chi connectivity index (χ3v) is 4.26. The van der Waals surface area contributed by atoms with Crippen LogP contribution >= 0.6 is 0 Å². The lowest BCUT2D eigenvalue weighted by Crippen LogP contribution is -2.20. The number of aromatic amines is 1. The molecule has 3 rings (SSSR count). The van der Waals surface area contributed by atoms with Gasteiger partial charge < -0.3 is 10.1 Å². The lowest BCUT2D eigenvalue weighted by molar-refractivity contribution is 0.313. The molecule has 0 aliphatic heterocycles. The van der Waals surface area contributed by atoms with Gasteiger partial charge in [0.1, 0.15) is 0 Å². The third-order valence-electron chi connectivity index (χ3n) is 4.26. The van der Waals surface area contributed by atoms with E-state index in [1.165, 1.54) is 17.8 Å². The predicted octanol–water partition coefficient (Wildman–Crippen LogP) is 2.52. The summed E-state index contributed by atoms with van der Waals surface area (Å²) in [5.41, 5.74) is 4.71. The number of nitrogens with zero attached hydrogens (tertiary/aromatic N) is 3. The molecule has 0 spiro atoms. The molecule has 0 unspecified atom stereocenters. The molecular weight excluding hydrogens is 316 g/mol. The summed E-state index contributed by atoms with van der Waals surface area (Å²) >= 11 is 0. The van der Waals surface area contributed by atoms with E-state index in [0.29, 0.717) is 13.1 Å². The van der Waals surface area contributed by atoms with Gasteiger partial charge in [-0.2, -0.15) is 5.10 Å². The van der Waals surface area contributed by atoms with Crippen LogP contribution in [0.5, 0.6) is 5.75 Å². The van der Waals surface area contributed by atoms with Crippen LogP contribution in [-0.2, 0) is 13.1 Å². The largest absolute Gasteiger partial charge is 0.503 e. The fourth-order valence-electron chi connectivity index (χ4n) is 2.94. The van der Waals surface area contributed by atoms with Crippen molar-refractivity contribution >= 4 is 0 Å². The lowest BCUT2D eigenvalue weighted by atomic mass is 10.2. The Bertz CT molecular complexity index is 928. The maximum atomic E-state index is 11.5. The van der Waals surface area contributed by atoms with E-state index in [9.17, 15) is 9.90 Å². The number of hydrogen-bond donors (Lipinski definition) is 2. The van der Waals surface area contributed by atoms with E-state index < -0.39 is 0 Å². The Kier molecular flexibility index (Phi) is 4.72. The average molecular weight is 338 g/mol. The Balaban J connectivity index is 1.79. The molecule has 0 radical (unpaired) electrons. The van der Waals surface area contributed by atoms with Crippen molar-refractivity contribution in [1.29, 1.82) is 0 Å². The number of aryl methyl sites for hydroxylation is 1. The van der Waals surface area contributed by atoms with E-state index in [1.807, 2.05) is 49.0 Å². The van der Waals surface area contributed by atoms with E-state index >= 15 is 0 Å². The summed E-state index contributed by atoms with van der Waals surface area (Å²) in [6.45, 7) is 5.37. The highest BCUT2D eigenvalue weighted by atomic mass is 16.3. The fraction of sp³-hybridized carbons (Fsp3) is 0.263. The molecule has 0 bridgehead atoms. The minimum atomic E-state index is -0.369. The Morgan fingerprint density at radius 3 is 2.60 bits per heavy atom. The van der Waals surface area contributed by atoms with Gasteiger partial charge in [0.05, 0.1) is 11.4 Å². The molecule has 2 N–H and O–H groups in total. The van der Waals surface area contributed by atoms with Crippen LogP contribution < -0.4 is 5.43 Å². The molecule has 0 fully saturated rings. The standard InChI is InChI=1S/C19H22N4O2/c1-13-17(14(2)23(21-13)16-7-5-4-6-8-16)12-22(3)11-15-9-18(24)19(25)10-20-15/h4-10,25H,11-12H2,1-3H3,(H,20,24). The molecule has 0 saturated carbocycles. The van der Waals surface area contributed by atoms with Crippen molar-refractivity contribution in [2.75, 3.05) is 7.05 Å². The fourth-order valence-corrected chi connectivity index (χ4v) is 2.94. The molecule has 1 aromatic carbocycles. The third kappa shape index (κ3) is 3.64. The molecule has 130 valence electrons. The molecule has 3 aromatic rings. The van der Waals surface area contributed by atoms with Crippen molar-refractivity contribution in [2.45, 2.75) is 26.9 Å². The number of hydrogen-bond acceptors (Lipinski definition) is 4. The second-order valence-electron chi connectivity index (χ2n) is 6.28. The van der Waals surface area contributed by atoms with E-state index in [2.05, 4.69) is 21.9 Å². The number of nitrogens with one attached hydrogen (secondary N) is 1. The molecule has 2 heterocycles. The predicted molar refractivity (Wildman–Crippen MR) is 96.9 cm³/mol. The minimum Gasteiger partial charge on any atom is -0.503 e. The van der Waals surface area contributed by atoms with Crippen LogP contribution in [0.3, 0.4) is 0 Å². The van der Waals surface area contributed by atoms with Gasteiger partial charge in [-0.15, -0.1) is 0 Å². The van der Waals surface area contributed by atoms with Gasteiger partial charge in [-0.1, -0.05) is 18.2 Å². The molecule has 6 heteroatoms. The van der Waals surface area contributed by atoms with Crippen LogP contribution in [0.1, 0.15) is 22.6 Å². The second kappa shape index (κ2) is 6.94. The number of rotatable bonds is 5. The van der Waals surface area contributed by atoms with Crippen LogP contribution in [0.4, 0.5) is 0 Å². The summed E-state index contributed by atoms with van der Waals surface area (Å²) in [6, 6.07) is 11.5. The first-order valence-electron chi connectivity index (χ1n) is 8.15. The van der Waals surface area contributed by atoms with Crippen molar-refractivity contribution in [3.8, 4) is 11.4 Å². The van der Waals surface area contributed by atoms with Gasteiger partial charge in [-0.3, -0.25) is 9.69 Å². The Morgan fingerprint density at radius 2 is 1.92 bits per heavy atom. The number of H-pyrrole nitrogens is 1. The summed E-state index contributed by atoms with van der Waals surface area (Å²) < 4.78 is 1.96. The number of aromatic hydroxyl groups is 1. The monoisotopic (exact) mass is 338 g/mol. The highest BCUT2D eigenvalue weighted by Crippen LogP contribution is 2.19. The zero-order valence-electron chi connectivity index (χ0n) is 14.7. The van der Waals surface area contributed by atoms with Gasteiger partial charge in [0.15, 0.2) is 5.75 Å². The van der Waals surface area contributed by atoms with Crippen molar-refractivity contribution in [3.63, 3.8) is 0 Å². The highest BCUT2D eigenvalue weighted by molar-refractivity contribution is 5.36. The minimum absolute atomic E-state index is 0.262. The van der Waals surface area contributed by atoms with Crippen LogP contribution in [0.25, 0.3) is 5.69 Å². The van der Waals surface area contributed by atoms with E-state index in [0.717, 1.165) is 22.8 Å². The Labute approximate surface area is 146 Å². The normalized spacial score (nSPS) is 11.2. The molecule has 0 amide bonds. The first-order valence-corrected chi connectivity index (χ1v) is 8.15. The summed E-state index contributed by atoms with van der Waals surface area (Å²) in [6.07, 6.45) is 1.33. The van der Waals surface area contributed by atoms with Gasteiger partial charge in [-0.25, -0.2) is 4.68 Å². The smallest absolute Gasteiger partial charge is 0.223 e. The maximum absolute atomic E-state index is 11.5. The summed E-state index contributed by atoms with van der Waals surface area (Å²) in [5.74, 6) is -0.262. The lowest BCUT2D eigenvalue weighted by Gasteiger charge is -2.17. The summed E-state index contributed by atoms with van der Waals surface area (Å²) in [7, 11) is 1.99. The SMILES string of the molecule is Cc1nn(-c2ccccc2)c(C)c1CN(C)Cc1cc(=O)c(O)c[nH]1. The van der Waals surface area contributed by atoms with Gasteiger partial charge in [0, 0.05) is 42.3 Å². The summed E-state index contributed by atoms with van der Waals surface area (Å²) in [4.78, 5) is 16.6. The average Bonchev–Trinajstić information content (AvgIpc) is 2.87. The maximum Gasteiger partial charge on any atom is 0.223 e. The van der Waals surface area contributed by atoms with Gasteiger partial charge in [-0.05, 0) is 33.0 Å². The first kappa shape index (κ1) is 17.0. The molecule has 0 atom stereocenters. The van der Waals surface area contributed by atoms with E-state index in [4.69, 9.17) is 0 Å². The molecule has 0 aliphatic carbocycles. The highest BCUT2D eigenvalue weighted by Gasteiger charge is 2.15. The van der Waals surface area contributed by atoms with Crippen molar-refractivity contribution in [2.24, 2.45) is 0 Å². The Hall–Kier alpha value is -2.86. The molecular formula is C19H22N4O2. The summed E-state index contributed by atoms with van der Waals surface area (Å²) in [5, 5.41) is 14.0. The van der Waals surface area contributed by atoms with Crippen LogP contribution in [0.15, 0.2) is 47.4 Å². The number of para-hydroxylation sites is 1. The number of aromatic nitrogens is 3.